The molecule has 0 saturated heterocycles. The second-order valence-electron chi connectivity index (χ2n) is 3.98. The van der Waals surface area contributed by atoms with Crippen molar-refractivity contribution >= 4 is 33.4 Å². The van der Waals surface area contributed by atoms with Gasteiger partial charge in [-0.15, -0.1) is 0 Å². The van der Waals surface area contributed by atoms with E-state index in [-0.39, 0.29) is 12.5 Å². The van der Waals surface area contributed by atoms with Crippen molar-refractivity contribution in [3.05, 3.63) is 34.3 Å². The second-order valence-corrected chi connectivity index (χ2v) is 5.33. The first kappa shape index (κ1) is 14.1. The van der Waals surface area contributed by atoms with Crippen LogP contribution in [-0.2, 0) is 17.9 Å². The smallest absolute Gasteiger partial charge is 0.241 e. The summed E-state index contributed by atoms with van der Waals surface area (Å²) in [6.07, 6.45) is 7.57. The third kappa shape index (κ3) is 4.68. The number of nitrogens with zero attached hydrogens (tertiary/aromatic N) is 4. The minimum absolute atomic E-state index is 0.0820. The Bertz CT molecular complexity index is 553. The molecular weight excluding hydrogens is 334 g/mol. The summed E-state index contributed by atoms with van der Waals surface area (Å²) < 4.78 is 4.28. The van der Waals surface area contributed by atoms with E-state index < -0.39 is 0 Å². The number of amides is 1. The molecule has 0 aliphatic carbocycles. The molecule has 0 aliphatic rings. The standard InChI is InChI=1S/C11H13BrClN5O/c12-9-4-15-17(6-9)3-1-2-14-11(19)8-18-7-10(13)5-16-18/h4-7H,1-3,8H2,(H,14,19). The predicted octanol–water partition coefficient (Wildman–Crippen LogP) is 1.70. The number of aryl methyl sites for hydroxylation is 1. The zero-order valence-electron chi connectivity index (χ0n) is 10.1. The highest BCUT2D eigenvalue weighted by Gasteiger charge is 2.03. The van der Waals surface area contributed by atoms with Crippen LogP contribution in [0.15, 0.2) is 29.3 Å². The van der Waals surface area contributed by atoms with Crippen molar-refractivity contribution in [2.45, 2.75) is 19.5 Å². The number of hydrogen-bond donors (Lipinski definition) is 1. The first-order chi connectivity index (χ1) is 9.13. The molecule has 2 aromatic rings. The highest BCUT2D eigenvalue weighted by atomic mass is 79.9. The minimum Gasteiger partial charge on any atom is -0.354 e. The molecule has 2 heterocycles. The van der Waals surface area contributed by atoms with Crippen LogP contribution < -0.4 is 5.32 Å². The fourth-order valence-electron chi connectivity index (χ4n) is 1.56. The van der Waals surface area contributed by atoms with E-state index in [0.29, 0.717) is 11.6 Å². The molecule has 1 amide bonds. The summed E-state index contributed by atoms with van der Waals surface area (Å²) in [5.74, 6) is -0.0820. The Kier molecular flexibility index (Phi) is 4.98. The maximum atomic E-state index is 11.6. The molecule has 1 N–H and O–H groups in total. The molecule has 0 aromatic carbocycles. The largest absolute Gasteiger partial charge is 0.354 e. The van der Waals surface area contributed by atoms with E-state index in [9.17, 15) is 4.79 Å². The highest BCUT2D eigenvalue weighted by Crippen LogP contribution is 2.06. The Balaban J connectivity index is 1.64. The van der Waals surface area contributed by atoms with Crippen LogP contribution in [0.2, 0.25) is 5.02 Å². The lowest BCUT2D eigenvalue weighted by Crippen LogP contribution is -2.29. The van der Waals surface area contributed by atoms with E-state index in [1.54, 1.807) is 12.4 Å². The molecule has 0 saturated carbocycles. The second kappa shape index (κ2) is 6.72. The van der Waals surface area contributed by atoms with E-state index >= 15 is 0 Å². The van der Waals surface area contributed by atoms with Crippen LogP contribution >= 0.6 is 27.5 Å². The van der Waals surface area contributed by atoms with E-state index in [1.807, 2.05) is 10.9 Å². The molecule has 2 aromatic heterocycles. The van der Waals surface area contributed by atoms with Gasteiger partial charge in [-0.3, -0.25) is 14.2 Å². The highest BCUT2D eigenvalue weighted by molar-refractivity contribution is 9.10. The zero-order chi connectivity index (χ0) is 13.7. The van der Waals surface area contributed by atoms with Crippen LogP contribution in [0.4, 0.5) is 0 Å². The van der Waals surface area contributed by atoms with Gasteiger partial charge in [0, 0.05) is 25.5 Å². The van der Waals surface area contributed by atoms with Gasteiger partial charge in [-0.25, -0.2) is 0 Å². The van der Waals surface area contributed by atoms with Gasteiger partial charge in [0.1, 0.15) is 6.54 Å². The van der Waals surface area contributed by atoms with Crippen molar-refractivity contribution in [3.63, 3.8) is 0 Å². The summed E-state index contributed by atoms with van der Waals surface area (Å²) in [7, 11) is 0. The molecule has 0 unspecified atom stereocenters. The average Bonchev–Trinajstić information content (AvgIpc) is 2.94. The molecule has 0 radical (unpaired) electrons. The van der Waals surface area contributed by atoms with Crippen LogP contribution in [0.5, 0.6) is 0 Å². The van der Waals surface area contributed by atoms with Crippen molar-refractivity contribution in [1.82, 2.24) is 24.9 Å². The fourth-order valence-corrected chi connectivity index (χ4v) is 2.04. The number of nitrogens with one attached hydrogen (secondary N) is 1. The molecule has 8 heteroatoms. The van der Waals surface area contributed by atoms with Gasteiger partial charge >= 0.3 is 0 Å². The van der Waals surface area contributed by atoms with Gasteiger partial charge < -0.3 is 5.32 Å². The minimum atomic E-state index is -0.0820. The summed E-state index contributed by atoms with van der Waals surface area (Å²) in [4.78, 5) is 11.6. The normalized spacial score (nSPS) is 10.6. The maximum Gasteiger partial charge on any atom is 0.241 e. The van der Waals surface area contributed by atoms with Crippen LogP contribution in [0.1, 0.15) is 6.42 Å². The van der Waals surface area contributed by atoms with Gasteiger partial charge in [0.25, 0.3) is 0 Å². The summed E-state index contributed by atoms with van der Waals surface area (Å²) in [6, 6.07) is 0. The number of carbonyl (C=O) groups excluding carboxylic acids is 1. The van der Waals surface area contributed by atoms with E-state index in [0.717, 1.165) is 17.4 Å². The van der Waals surface area contributed by atoms with Crippen LogP contribution in [0, 0.1) is 0 Å². The molecule has 19 heavy (non-hydrogen) atoms. The molecule has 0 aliphatic heterocycles. The van der Waals surface area contributed by atoms with Crippen LogP contribution in [0.3, 0.4) is 0 Å². The summed E-state index contributed by atoms with van der Waals surface area (Å²) >= 11 is 9.04. The lowest BCUT2D eigenvalue weighted by molar-refractivity contribution is -0.121. The van der Waals surface area contributed by atoms with Gasteiger partial charge in [0.05, 0.1) is 21.9 Å². The van der Waals surface area contributed by atoms with Crippen molar-refractivity contribution in [3.8, 4) is 0 Å². The molecule has 0 fully saturated rings. The SMILES string of the molecule is O=C(Cn1cc(Cl)cn1)NCCCn1cc(Br)cn1. The number of hydrogen-bond acceptors (Lipinski definition) is 3. The third-order valence-corrected chi connectivity index (χ3v) is 3.00. The molecule has 0 bridgehead atoms. The lowest BCUT2D eigenvalue weighted by Gasteiger charge is -2.05. The summed E-state index contributed by atoms with van der Waals surface area (Å²) in [6.45, 7) is 1.55. The first-order valence-electron chi connectivity index (χ1n) is 5.76. The fraction of sp³-hybridized carbons (Fsp3) is 0.364. The Morgan fingerprint density at radius 1 is 1.32 bits per heavy atom. The van der Waals surface area contributed by atoms with E-state index in [2.05, 4.69) is 31.4 Å². The topological polar surface area (TPSA) is 64.7 Å². The van der Waals surface area contributed by atoms with Gasteiger partial charge in [-0.2, -0.15) is 10.2 Å². The summed E-state index contributed by atoms with van der Waals surface area (Å²) in [5.41, 5.74) is 0. The number of carbonyl (C=O) groups is 1. The molecule has 2 rings (SSSR count). The monoisotopic (exact) mass is 345 g/mol. The maximum absolute atomic E-state index is 11.6. The van der Waals surface area contributed by atoms with Crippen molar-refractivity contribution in [2.75, 3.05) is 6.54 Å². The van der Waals surface area contributed by atoms with Crippen molar-refractivity contribution < 1.29 is 4.79 Å². The van der Waals surface area contributed by atoms with Gasteiger partial charge in [0.2, 0.25) is 5.91 Å². The van der Waals surface area contributed by atoms with E-state index in [4.69, 9.17) is 11.6 Å². The zero-order valence-corrected chi connectivity index (χ0v) is 12.4. The van der Waals surface area contributed by atoms with Gasteiger partial charge in [-0.1, -0.05) is 11.6 Å². The Hall–Kier alpha value is -1.34. The Morgan fingerprint density at radius 2 is 2.11 bits per heavy atom. The Morgan fingerprint density at radius 3 is 2.74 bits per heavy atom. The van der Waals surface area contributed by atoms with Crippen LogP contribution in [-0.4, -0.2) is 32.0 Å². The molecule has 0 spiro atoms. The number of aromatic nitrogens is 4. The quantitative estimate of drug-likeness (QED) is 0.810. The van der Waals surface area contributed by atoms with E-state index in [1.165, 1.54) is 10.9 Å². The summed E-state index contributed by atoms with van der Waals surface area (Å²) in [5, 5.41) is 11.4. The molecule has 0 atom stereocenters. The van der Waals surface area contributed by atoms with Crippen molar-refractivity contribution in [1.29, 1.82) is 0 Å². The van der Waals surface area contributed by atoms with Gasteiger partial charge in [0.15, 0.2) is 0 Å². The first-order valence-corrected chi connectivity index (χ1v) is 6.93. The molecular formula is C11H13BrClN5O. The predicted molar refractivity (Wildman–Crippen MR) is 74.8 cm³/mol. The molecule has 6 nitrogen and oxygen atoms in total. The number of halogens is 2. The Labute approximate surface area is 123 Å². The van der Waals surface area contributed by atoms with Crippen LogP contribution in [0.25, 0.3) is 0 Å². The molecule has 102 valence electrons. The third-order valence-electron chi connectivity index (χ3n) is 2.40. The van der Waals surface area contributed by atoms with Crippen molar-refractivity contribution in [2.24, 2.45) is 0 Å². The lowest BCUT2D eigenvalue weighted by atomic mass is 10.4. The van der Waals surface area contributed by atoms with Gasteiger partial charge in [-0.05, 0) is 22.4 Å². The average molecular weight is 347 g/mol. The number of rotatable bonds is 6.